The van der Waals surface area contributed by atoms with Gasteiger partial charge in [-0.1, -0.05) is 37.3 Å². The minimum absolute atomic E-state index is 0.0508. The fourth-order valence-corrected chi connectivity index (χ4v) is 1.87. The highest BCUT2D eigenvalue weighted by atomic mass is 16.5. The van der Waals surface area contributed by atoms with Crippen molar-refractivity contribution in [2.75, 3.05) is 0 Å². The van der Waals surface area contributed by atoms with Gasteiger partial charge in [0.15, 0.2) is 0 Å². The van der Waals surface area contributed by atoms with Gasteiger partial charge < -0.3 is 9.84 Å². The zero-order chi connectivity index (χ0) is 10.8. The maximum absolute atomic E-state index is 11.2. The second-order valence-corrected chi connectivity index (χ2v) is 3.95. The molecule has 80 valence electrons. The van der Waals surface area contributed by atoms with Gasteiger partial charge in [-0.05, 0) is 5.56 Å². The van der Waals surface area contributed by atoms with Crippen LogP contribution in [-0.2, 0) is 9.53 Å². The first kappa shape index (κ1) is 10.2. The lowest BCUT2D eigenvalue weighted by atomic mass is 9.89. The summed E-state index contributed by atoms with van der Waals surface area (Å²) in [6.07, 6.45) is -0.816. The van der Waals surface area contributed by atoms with Crippen molar-refractivity contribution in [3.05, 3.63) is 35.9 Å². The van der Waals surface area contributed by atoms with Crippen LogP contribution in [0.5, 0.6) is 0 Å². The van der Waals surface area contributed by atoms with Crippen LogP contribution in [0, 0.1) is 5.92 Å². The Morgan fingerprint density at radius 1 is 1.33 bits per heavy atom. The summed E-state index contributed by atoms with van der Waals surface area (Å²) in [5.41, 5.74) is 0.942. The van der Waals surface area contributed by atoms with Crippen molar-refractivity contribution in [1.29, 1.82) is 0 Å². The highest BCUT2D eigenvalue weighted by Crippen LogP contribution is 2.33. The zero-order valence-electron chi connectivity index (χ0n) is 8.59. The number of carbonyl (C=O) groups excluding carboxylic acids is 1. The maximum atomic E-state index is 11.2. The topological polar surface area (TPSA) is 46.5 Å². The number of aliphatic hydroxyl groups excluding tert-OH is 1. The molecule has 0 amide bonds. The molecule has 1 aromatic rings. The molecule has 0 aliphatic carbocycles. The number of carbonyl (C=O) groups is 1. The van der Waals surface area contributed by atoms with Crippen molar-refractivity contribution in [3.63, 3.8) is 0 Å². The highest BCUT2D eigenvalue weighted by Gasteiger charge is 2.35. The molecule has 1 fully saturated rings. The number of rotatable bonds is 1. The molecule has 0 unspecified atom stereocenters. The van der Waals surface area contributed by atoms with E-state index in [-0.39, 0.29) is 24.4 Å². The van der Waals surface area contributed by atoms with Gasteiger partial charge in [0.25, 0.3) is 0 Å². The minimum atomic E-state index is -0.601. The summed E-state index contributed by atoms with van der Waals surface area (Å²) in [6.45, 7) is 1.90. The Balaban J connectivity index is 2.24. The lowest BCUT2D eigenvalue weighted by molar-refractivity contribution is -0.167. The standard InChI is InChI=1S/C12H14O3/c1-8-10(13)7-11(14)15-12(8)9-5-3-2-4-6-9/h2-6,8,10,12-13H,7H2,1H3/t8-,10-,12-/m1/s1. The Bertz CT molecular complexity index is 347. The molecule has 0 spiro atoms. The molecule has 0 aromatic heterocycles. The van der Waals surface area contributed by atoms with Gasteiger partial charge in [-0.15, -0.1) is 0 Å². The van der Waals surface area contributed by atoms with E-state index in [1.54, 1.807) is 0 Å². The van der Waals surface area contributed by atoms with Crippen molar-refractivity contribution in [2.45, 2.75) is 25.6 Å². The Morgan fingerprint density at radius 2 is 2.00 bits per heavy atom. The summed E-state index contributed by atoms with van der Waals surface area (Å²) in [7, 11) is 0. The van der Waals surface area contributed by atoms with Crippen molar-refractivity contribution < 1.29 is 14.6 Å². The Morgan fingerprint density at radius 3 is 2.67 bits per heavy atom. The van der Waals surface area contributed by atoms with E-state index in [1.165, 1.54) is 0 Å². The predicted octanol–water partition coefficient (Wildman–Crippen LogP) is 1.67. The van der Waals surface area contributed by atoms with E-state index in [2.05, 4.69) is 0 Å². The molecule has 15 heavy (non-hydrogen) atoms. The number of hydrogen-bond donors (Lipinski definition) is 1. The van der Waals surface area contributed by atoms with Gasteiger partial charge >= 0.3 is 5.97 Å². The molecule has 1 saturated heterocycles. The normalized spacial score (nSPS) is 31.1. The number of esters is 1. The molecule has 2 rings (SSSR count). The molecule has 1 aromatic carbocycles. The van der Waals surface area contributed by atoms with E-state index < -0.39 is 6.10 Å². The van der Waals surface area contributed by atoms with Gasteiger partial charge in [0.1, 0.15) is 6.10 Å². The second-order valence-electron chi connectivity index (χ2n) is 3.95. The number of aliphatic hydroxyl groups is 1. The van der Waals surface area contributed by atoms with Gasteiger partial charge in [-0.25, -0.2) is 0 Å². The summed E-state index contributed by atoms with van der Waals surface area (Å²) < 4.78 is 5.26. The lowest BCUT2D eigenvalue weighted by Crippen LogP contribution is -2.35. The van der Waals surface area contributed by atoms with Crippen LogP contribution >= 0.6 is 0 Å². The van der Waals surface area contributed by atoms with E-state index in [0.717, 1.165) is 5.56 Å². The minimum Gasteiger partial charge on any atom is -0.457 e. The second kappa shape index (κ2) is 4.03. The van der Waals surface area contributed by atoms with Crippen molar-refractivity contribution in [2.24, 2.45) is 5.92 Å². The molecule has 1 N–H and O–H groups in total. The number of hydrogen-bond acceptors (Lipinski definition) is 3. The van der Waals surface area contributed by atoms with E-state index in [1.807, 2.05) is 37.3 Å². The summed E-state index contributed by atoms with van der Waals surface area (Å²) in [4.78, 5) is 11.2. The van der Waals surface area contributed by atoms with E-state index in [0.29, 0.717) is 0 Å². The number of ether oxygens (including phenoxy) is 1. The van der Waals surface area contributed by atoms with Gasteiger partial charge in [0, 0.05) is 5.92 Å². The Labute approximate surface area is 88.7 Å². The highest BCUT2D eigenvalue weighted by molar-refractivity contribution is 5.71. The van der Waals surface area contributed by atoms with Crippen LogP contribution in [0.2, 0.25) is 0 Å². The van der Waals surface area contributed by atoms with E-state index in [9.17, 15) is 9.90 Å². The molecule has 1 aliphatic rings. The fourth-order valence-electron chi connectivity index (χ4n) is 1.87. The van der Waals surface area contributed by atoms with Gasteiger partial charge in [0.05, 0.1) is 12.5 Å². The van der Waals surface area contributed by atoms with E-state index >= 15 is 0 Å². The first-order valence-corrected chi connectivity index (χ1v) is 5.11. The summed E-state index contributed by atoms with van der Waals surface area (Å²) in [5.74, 6) is -0.375. The first-order chi connectivity index (χ1) is 7.18. The number of cyclic esters (lactones) is 1. The van der Waals surface area contributed by atoms with Crippen molar-refractivity contribution in [1.82, 2.24) is 0 Å². The smallest absolute Gasteiger partial charge is 0.309 e. The molecule has 3 nitrogen and oxygen atoms in total. The van der Waals surface area contributed by atoms with Gasteiger partial charge in [-0.3, -0.25) is 4.79 Å². The largest absolute Gasteiger partial charge is 0.457 e. The quantitative estimate of drug-likeness (QED) is 0.711. The SMILES string of the molecule is C[C@@H]1[C@H](O)CC(=O)O[C@H]1c1ccccc1. The molecular formula is C12H14O3. The third kappa shape index (κ3) is 2.02. The molecule has 3 atom stereocenters. The first-order valence-electron chi connectivity index (χ1n) is 5.11. The monoisotopic (exact) mass is 206 g/mol. The molecular weight excluding hydrogens is 192 g/mol. The molecule has 0 saturated carbocycles. The molecule has 3 heteroatoms. The molecule has 1 heterocycles. The Hall–Kier alpha value is -1.35. The van der Waals surface area contributed by atoms with Crippen LogP contribution < -0.4 is 0 Å². The van der Waals surface area contributed by atoms with Crippen LogP contribution in [0.25, 0.3) is 0 Å². The molecule has 0 radical (unpaired) electrons. The van der Waals surface area contributed by atoms with E-state index in [4.69, 9.17) is 4.74 Å². The van der Waals surface area contributed by atoms with Crippen molar-refractivity contribution >= 4 is 5.97 Å². The summed E-state index contributed by atoms with van der Waals surface area (Å²) in [5, 5.41) is 9.68. The summed E-state index contributed by atoms with van der Waals surface area (Å²) >= 11 is 0. The fraction of sp³-hybridized carbons (Fsp3) is 0.417. The van der Waals surface area contributed by atoms with Crippen LogP contribution in [0.4, 0.5) is 0 Å². The summed E-state index contributed by atoms with van der Waals surface area (Å²) in [6, 6.07) is 9.53. The van der Waals surface area contributed by atoms with Gasteiger partial charge in [0.2, 0.25) is 0 Å². The van der Waals surface area contributed by atoms with Gasteiger partial charge in [-0.2, -0.15) is 0 Å². The lowest BCUT2D eigenvalue weighted by Gasteiger charge is -2.32. The van der Waals surface area contributed by atoms with Crippen LogP contribution in [0.3, 0.4) is 0 Å². The van der Waals surface area contributed by atoms with Crippen molar-refractivity contribution in [3.8, 4) is 0 Å². The predicted molar refractivity (Wildman–Crippen MR) is 55.1 cm³/mol. The number of benzene rings is 1. The average Bonchev–Trinajstić information content (AvgIpc) is 2.24. The average molecular weight is 206 g/mol. The third-order valence-corrected chi connectivity index (χ3v) is 2.85. The Kier molecular flexibility index (Phi) is 2.73. The molecule has 1 aliphatic heterocycles. The zero-order valence-corrected chi connectivity index (χ0v) is 8.59. The maximum Gasteiger partial charge on any atom is 0.309 e. The van der Waals surface area contributed by atoms with Crippen LogP contribution in [0.1, 0.15) is 25.0 Å². The van der Waals surface area contributed by atoms with Crippen LogP contribution in [0.15, 0.2) is 30.3 Å². The third-order valence-electron chi connectivity index (χ3n) is 2.85. The van der Waals surface area contributed by atoms with Crippen LogP contribution in [-0.4, -0.2) is 17.2 Å². The molecule has 0 bridgehead atoms.